The average molecular weight is 905 g/mol. The molecule has 0 aromatic heterocycles. The number of nitrogens with zero attached hydrogens (tertiary/aromatic N) is 1. The zero-order valence-electron chi connectivity index (χ0n) is 40.6. The van der Waals surface area contributed by atoms with Crippen LogP contribution in [0, 0.1) is 23.7 Å². The number of Topliss-reactive ketones (excluding diaryl/α,β-unsaturated/α-hetero) is 2. The standard InChI is InChI=1S/C51H76N4O10/c1-11-38(31-36-20-14-12-15-21-36)42(56)34-40(32-37-22-16-13-17-23-37)44(58)53-41(30-35(2)3)43(57)33-39(24-18-19-27-52-47(61)64-49(4,5)6)45(59)55-28-25-51(26-29-55,46(60)63-10)54-48(62)65-50(7,8)9/h12-17,20-23,35,38-41H,11,18-19,24-34H2,1-10H3,(H,52,61)(H,53,58)(H,54,62)/t38-,39+,40+,41-/m1/s1. The molecule has 14 heteroatoms. The molecule has 1 saturated heterocycles. The van der Waals surface area contributed by atoms with Gasteiger partial charge >= 0.3 is 18.2 Å². The number of hydrogen-bond acceptors (Lipinski definition) is 10. The lowest BCUT2D eigenvalue weighted by atomic mass is 9.84. The Morgan fingerprint density at radius 1 is 0.708 bits per heavy atom. The molecule has 1 heterocycles. The van der Waals surface area contributed by atoms with E-state index in [1.807, 2.05) is 81.4 Å². The maximum Gasteiger partial charge on any atom is 0.408 e. The van der Waals surface area contributed by atoms with Crippen LogP contribution in [0.25, 0.3) is 0 Å². The van der Waals surface area contributed by atoms with Gasteiger partial charge in [0, 0.05) is 50.2 Å². The van der Waals surface area contributed by atoms with E-state index in [2.05, 4.69) is 16.0 Å². The molecule has 1 aliphatic rings. The molecule has 0 bridgehead atoms. The Morgan fingerprint density at radius 3 is 1.74 bits per heavy atom. The molecule has 4 amide bonds. The number of nitrogens with one attached hydrogen (secondary N) is 3. The van der Waals surface area contributed by atoms with Crippen LogP contribution in [-0.4, -0.2) is 96.0 Å². The van der Waals surface area contributed by atoms with Crippen LogP contribution in [0.3, 0.4) is 0 Å². The van der Waals surface area contributed by atoms with E-state index in [1.54, 1.807) is 46.4 Å². The molecular weight excluding hydrogens is 829 g/mol. The molecule has 0 aliphatic carbocycles. The number of amides is 4. The lowest BCUT2D eigenvalue weighted by Crippen LogP contribution is -2.62. The number of rotatable bonds is 23. The summed E-state index contributed by atoms with van der Waals surface area (Å²) in [7, 11) is 1.24. The summed E-state index contributed by atoms with van der Waals surface area (Å²) in [5.74, 6) is -3.43. The molecule has 2 aromatic rings. The van der Waals surface area contributed by atoms with E-state index in [4.69, 9.17) is 14.2 Å². The molecule has 3 N–H and O–H groups in total. The predicted molar refractivity (Wildman–Crippen MR) is 250 cm³/mol. The van der Waals surface area contributed by atoms with Crippen LogP contribution in [0.2, 0.25) is 0 Å². The third-order valence-corrected chi connectivity index (χ3v) is 11.5. The molecule has 3 rings (SSSR count). The molecular formula is C51H76N4O10. The second-order valence-corrected chi connectivity index (χ2v) is 19.9. The summed E-state index contributed by atoms with van der Waals surface area (Å²) in [6, 6.07) is 18.4. The van der Waals surface area contributed by atoms with Crippen molar-refractivity contribution in [3.63, 3.8) is 0 Å². The molecule has 1 fully saturated rings. The van der Waals surface area contributed by atoms with Gasteiger partial charge in [-0.2, -0.15) is 0 Å². The summed E-state index contributed by atoms with van der Waals surface area (Å²) in [5.41, 5.74) is -0.950. The molecule has 14 nitrogen and oxygen atoms in total. The Balaban J connectivity index is 1.85. The zero-order valence-corrected chi connectivity index (χ0v) is 40.6. The van der Waals surface area contributed by atoms with E-state index in [0.29, 0.717) is 51.5 Å². The summed E-state index contributed by atoms with van der Waals surface area (Å²) in [4.78, 5) is 97.2. The van der Waals surface area contributed by atoms with Gasteiger partial charge in [0.1, 0.15) is 22.5 Å². The SMILES string of the molecule is CC[C@H](Cc1ccccc1)C(=O)C[C@H](Cc1ccccc1)C(=O)N[C@H](CC(C)C)C(=O)C[C@H](CCCCNC(=O)OC(C)(C)C)C(=O)N1CCC(NC(=O)OC(C)(C)C)(C(=O)OC)CC1. The highest BCUT2D eigenvalue weighted by Crippen LogP contribution is 2.29. The third kappa shape index (κ3) is 19.0. The van der Waals surface area contributed by atoms with Crippen molar-refractivity contribution in [3.05, 3.63) is 71.8 Å². The summed E-state index contributed by atoms with van der Waals surface area (Å²) in [6.07, 6.45) is 1.76. The average Bonchev–Trinajstić information content (AvgIpc) is 3.23. The second-order valence-electron chi connectivity index (χ2n) is 19.9. The van der Waals surface area contributed by atoms with Crippen LogP contribution in [-0.2, 0) is 51.0 Å². The van der Waals surface area contributed by atoms with Crippen molar-refractivity contribution in [2.24, 2.45) is 23.7 Å². The van der Waals surface area contributed by atoms with Crippen molar-refractivity contribution < 1.29 is 47.8 Å². The smallest absolute Gasteiger partial charge is 0.408 e. The maximum atomic E-state index is 14.5. The van der Waals surface area contributed by atoms with Gasteiger partial charge in [-0.3, -0.25) is 19.2 Å². The highest BCUT2D eigenvalue weighted by molar-refractivity contribution is 5.94. The third-order valence-electron chi connectivity index (χ3n) is 11.5. The van der Waals surface area contributed by atoms with Gasteiger partial charge in [-0.25, -0.2) is 14.4 Å². The number of benzene rings is 2. The zero-order chi connectivity index (χ0) is 48.4. The number of ketones is 2. The summed E-state index contributed by atoms with van der Waals surface area (Å²) in [5, 5.41) is 8.49. The van der Waals surface area contributed by atoms with Crippen LogP contribution in [0.5, 0.6) is 0 Å². The molecule has 360 valence electrons. The van der Waals surface area contributed by atoms with Crippen molar-refractivity contribution in [2.45, 2.75) is 156 Å². The first-order valence-corrected chi connectivity index (χ1v) is 23.3. The number of unbranched alkanes of at least 4 members (excludes halogenated alkanes) is 1. The Labute approximate surface area is 387 Å². The summed E-state index contributed by atoms with van der Waals surface area (Å²) in [6.45, 7) is 16.8. The first-order chi connectivity index (χ1) is 30.5. The van der Waals surface area contributed by atoms with Gasteiger partial charge in [-0.15, -0.1) is 0 Å². The van der Waals surface area contributed by atoms with Gasteiger partial charge < -0.3 is 35.1 Å². The summed E-state index contributed by atoms with van der Waals surface area (Å²) >= 11 is 0. The van der Waals surface area contributed by atoms with E-state index in [-0.39, 0.29) is 74.0 Å². The van der Waals surface area contributed by atoms with Crippen LogP contribution >= 0.6 is 0 Å². The molecule has 0 saturated carbocycles. The van der Waals surface area contributed by atoms with Gasteiger partial charge in [-0.1, -0.05) is 87.9 Å². The monoisotopic (exact) mass is 905 g/mol. The Bertz CT molecular complexity index is 1860. The number of alkyl carbamates (subject to hydrolysis) is 2. The fourth-order valence-electron chi connectivity index (χ4n) is 8.14. The largest absolute Gasteiger partial charge is 0.467 e. The number of hydrogen-bond donors (Lipinski definition) is 3. The first-order valence-electron chi connectivity index (χ1n) is 23.3. The quantitative estimate of drug-likeness (QED) is 0.0562. The fourth-order valence-corrected chi connectivity index (χ4v) is 8.14. The second kappa shape index (κ2) is 25.4. The van der Waals surface area contributed by atoms with E-state index in [0.717, 1.165) is 11.1 Å². The molecule has 1 aliphatic heterocycles. The van der Waals surface area contributed by atoms with Crippen molar-refractivity contribution in [3.8, 4) is 0 Å². The normalized spacial score (nSPS) is 15.7. The minimum Gasteiger partial charge on any atom is -0.467 e. The van der Waals surface area contributed by atoms with Crippen molar-refractivity contribution in [1.29, 1.82) is 0 Å². The number of carbonyl (C=O) groups excluding carboxylic acids is 7. The predicted octanol–water partition coefficient (Wildman–Crippen LogP) is 7.93. The fraction of sp³-hybridized carbons (Fsp3) is 0.627. The van der Waals surface area contributed by atoms with Crippen molar-refractivity contribution in [2.75, 3.05) is 26.7 Å². The molecule has 4 atom stereocenters. The van der Waals surface area contributed by atoms with Gasteiger partial charge in [0.2, 0.25) is 11.8 Å². The van der Waals surface area contributed by atoms with Crippen LogP contribution in [0.15, 0.2) is 60.7 Å². The maximum absolute atomic E-state index is 14.5. The van der Waals surface area contributed by atoms with Crippen LogP contribution < -0.4 is 16.0 Å². The van der Waals surface area contributed by atoms with Gasteiger partial charge in [0.15, 0.2) is 5.78 Å². The van der Waals surface area contributed by atoms with E-state index < -0.39 is 52.8 Å². The van der Waals surface area contributed by atoms with Crippen molar-refractivity contribution in [1.82, 2.24) is 20.9 Å². The van der Waals surface area contributed by atoms with Crippen molar-refractivity contribution >= 4 is 41.5 Å². The van der Waals surface area contributed by atoms with Gasteiger partial charge in [0.25, 0.3) is 0 Å². The molecule has 65 heavy (non-hydrogen) atoms. The lowest BCUT2D eigenvalue weighted by molar-refractivity contribution is -0.153. The van der Waals surface area contributed by atoms with Gasteiger partial charge in [-0.05, 0) is 110 Å². The Morgan fingerprint density at radius 2 is 1.23 bits per heavy atom. The number of methoxy groups -OCH3 is 1. The number of ether oxygens (including phenoxy) is 3. The number of carbonyl (C=O) groups is 7. The highest BCUT2D eigenvalue weighted by Gasteiger charge is 2.46. The Kier molecular flexibility index (Phi) is 21.2. The topological polar surface area (TPSA) is 187 Å². The number of piperidine rings is 1. The minimum atomic E-state index is -1.42. The lowest BCUT2D eigenvalue weighted by Gasteiger charge is -2.41. The van der Waals surface area contributed by atoms with E-state index in [1.165, 1.54) is 7.11 Å². The summed E-state index contributed by atoms with van der Waals surface area (Å²) < 4.78 is 15.9. The van der Waals surface area contributed by atoms with E-state index in [9.17, 15) is 33.6 Å². The van der Waals surface area contributed by atoms with Crippen LogP contribution in [0.1, 0.15) is 131 Å². The molecule has 0 radical (unpaired) electrons. The van der Waals surface area contributed by atoms with Gasteiger partial charge in [0.05, 0.1) is 13.2 Å². The molecule has 0 unspecified atom stereocenters. The van der Waals surface area contributed by atoms with Crippen LogP contribution in [0.4, 0.5) is 9.59 Å². The number of esters is 1. The van der Waals surface area contributed by atoms with E-state index >= 15 is 0 Å². The first kappa shape index (κ1) is 54.1. The molecule has 0 spiro atoms. The highest BCUT2D eigenvalue weighted by atomic mass is 16.6. The minimum absolute atomic E-state index is 0.00731. The number of likely N-dealkylation sites (tertiary alicyclic amines) is 1. The Hall–Kier alpha value is -5.27. The molecule has 2 aromatic carbocycles.